The molecule has 0 radical (unpaired) electrons. The highest BCUT2D eigenvalue weighted by Crippen LogP contribution is 1.98. The van der Waals surface area contributed by atoms with Crippen LogP contribution in [0.2, 0.25) is 0 Å². The van der Waals surface area contributed by atoms with E-state index in [9.17, 15) is 0 Å². The zero-order valence-electron chi connectivity index (χ0n) is 8.90. The van der Waals surface area contributed by atoms with E-state index in [-0.39, 0.29) is 0 Å². The highest BCUT2D eigenvalue weighted by molar-refractivity contribution is 6.00. The van der Waals surface area contributed by atoms with Gasteiger partial charge in [0.1, 0.15) is 0 Å². The Morgan fingerprint density at radius 2 is 1.93 bits per heavy atom. The molecular formula is C13H17N. The normalized spacial score (nSPS) is 13.1. The van der Waals surface area contributed by atoms with Crippen LogP contribution in [0.3, 0.4) is 0 Å². The van der Waals surface area contributed by atoms with E-state index < -0.39 is 0 Å². The first-order valence-corrected chi connectivity index (χ1v) is 4.53. The van der Waals surface area contributed by atoms with Crippen LogP contribution in [-0.4, -0.2) is 5.71 Å². The maximum atomic E-state index is 4.18. The van der Waals surface area contributed by atoms with Crippen molar-refractivity contribution in [2.75, 3.05) is 0 Å². The van der Waals surface area contributed by atoms with Gasteiger partial charge in [-0.15, -0.1) is 0 Å². The van der Waals surface area contributed by atoms with Crippen LogP contribution in [0, 0.1) is 0 Å². The molecule has 0 rings (SSSR count). The van der Waals surface area contributed by atoms with Crippen molar-refractivity contribution in [1.29, 1.82) is 0 Å². The minimum absolute atomic E-state index is 0.906. The number of hydrogen-bond acceptors (Lipinski definition) is 1. The van der Waals surface area contributed by atoms with Gasteiger partial charge in [-0.1, -0.05) is 43.5 Å². The Labute approximate surface area is 86.6 Å². The molecule has 0 aliphatic carbocycles. The van der Waals surface area contributed by atoms with E-state index in [4.69, 9.17) is 0 Å². The van der Waals surface area contributed by atoms with Crippen LogP contribution >= 0.6 is 0 Å². The molecule has 1 nitrogen and oxygen atoms in total. The Kier molecular flexibility index (Phi) is 7.06. The van der Waals surface area contributed by atoms with Crippen molar-refractivity contribution >= 4 is 5.71 Å². The Morgan fingerprint density at radius 3 is 2.50 bits per heavy atom. The maximum Gasteiger partial charge on any atom is 0.0438 e. The van der Waals surface area contributed by atoms with Crippen LogP contribution < -0.4 is 0 Å². The fourth-order valence-electron chi connectivity index (χ4n) is 0.702. The number of aliphatic imine (C=N–C) groups is 1. The summed E-state index contributed by atoms with van der Waals surface area (Å²) in [5, 5.41) is 0. The molecule has 74 valence electrons. The Morgan fingerprint density at radius 1 is 1.21 bits per heavy atom. The Bertz CT molecular complexity index is 301. The predicted octanol–water partition coefficient (Wildman–Crippen LogP) is 3.84. The van der Waals surface area contributed by atoms with E-state index in [2.05, 4.69) is 18.2 Å². The van der Waals surface area contributed by atoms with Gasteiger partial charge in [0, 0.05) is 11.9 Å². The third-order valence-electron chi connectivity index (χ3n) is 1.56. The quantitative estimate of drug-likeness (QED) is 0.458. The van der Waals surface area contributed by atoms with E-state index in [1.54, 1.807) is 18.4 Å². The van der Waals surface area contributed by atoms with Gasteiger partial charge in [-0.3, -0.25) is 4.99 Å². The largest absolute Gasteiger partial charge is 0.261 e. The van der Waals surface area contributed by atoms with E-state index >= 15 is 0 Å². The first-order chi connectivity index (χ1) is 6.72. The summed E-state index contributed by atoms with van der Waals surface area (Å²) in [7, 11) is 0. The molecule has 0 saturated carbocycles. The number of nitrogens with zero attached hydrogens (tertiary/aromatic N) is 1. The van der Waals surface area contributed by atoms with Crippen molar-refractivity contribution < 1.29 is 0 Å². The molecular weight excluding hydrogens is 170 g/mol. The zero-order chi connectivity index (χ0) is 10.8. The summed E-state index contributed by atoms with van der Waals surface area (Å²) in [6, 6.07) is 0. The highest BCUT2D eigenvalue weighted by Gasteiger charge is 1.90. The summed E-state index contributed by atoms with van der Waals surface area (Å²) in [4.78, 5) is 4.18. The molecule has 0 bridgehead atoms. The van der Waals surface area contributed by atoms with Crippen LogP contribution in [0.15, 0.2) is 66.4 Å². The lowest BCUT2D eigenvalue weighted by molar-refractivity contribution is 1.51. The topological polar surface area (TPSA) is 12.4 Å². The SMILES string of the molecule is C=C/C=C\N=C(/C)C(=C)/C=C\C=C/C. The standard InChI is InChI=1S/C13H17N/c1-5-7-9-10-12(3)13(4)14-11-8-6-2/h5-11H,2-3H2,1,4H3/b7-5-,10-9-,11-8-,14-13+. The summed E-state index contributed by atoms with van der Waals surface area (Å²) in [5.74, 6) is 0. The molecule has 0 amide bonds. The molecule has 0 atom stereocenters. The second-order valence-electron chi connectivity index (χ2n) is 2.70. The Balaban J connectivity index is 4.31. The second kappa shape index (κ2) is 7.99. The van der Waals surface area contributed by atoms with E-state index in [1.165, 1.54) is 0 Å². The second-order valence-corrected chi connectivity index (χ2v) is 2.70. The third-order valence-corrected chi connectivity index (χ3v) is 1.56. The van der Waals surface area contributed by atoms with Gasteiger partial charge in [-0.05, 0) is 25.5 Å². The molecule has 0 fully saturated rings. The molecule has 0 aliphatic rings. The lowest BCUT2D eigenvalue weighted by Crippen LogP contribution is -1.90. The predicted molar refractivity (Wildman–Crippen MR) is 65.5 cm³/mol. The summed E-state index contributed by atoms with van der Waals surface area (Å²) in [5.41, 5.74) is 1.82. The number of allylic oxidation sites excluding steroid dienone is 7. The van der Waals surface area contributed by atoms with Gasteiger partial charge in [0.25, 0.3) is 0 Å². The first-order valence-electron chi connectivity index (χ1n) is 4.53. The van der Waals surface area contributed by atoms with Crippen LogP contribution in [0.1, 0.15) is 13.8 Å². The molecule has 14 heavy (non-hydrogen) atoms. The molecule has 0 heterocycles. The van der Waals surface area contributed by atoms with Crippen molar-refractivity contribution in [3.63, 3.8) is 0 Å². The van der Waals surface area contributed by atoms with Crippen LogP contribution in [-0.2, 0) is 0 Å². The van der Waals surface area contributed by atoms with E-state index in [0.717, 1.165) is 11.3 Å². The van der Waals surface area contributed by atoms with Gasteiger partial charge >= 0.3 is 0 Å². The molecule has 0 aromatic rings. The molecule has 0 aliphatic heterocycles. The van der Waals surface area contributed by atoms with Gasteiger partial charge in [0.2, 0.25) is 0 Å². The summed E-state index contributed by atoms with van der Waals surface area (Å²) in [6.07, 6.45) is 13.0. The lowest BCUT2D eigenvalue weighted by atomic mass is 10.2. The zero-order valence-corrected chi connectivity index (χ0v) is 8.90. The van der Waals surface area contributed by atoms with Crippen molar-refractivity contribution in [1.82, 2.24) is 0 Å². The average Bonchev–Trinajstić information content (AvgIpc) is 2.18. The lowest BCUT2D eigenvalue weighted by Gasteiger charge is -1.95. The Hall–Kier alpha value is -1.63. The van der Waals surface area contributed by atoms with Crippen LogP contribution in [0.5, 0.6) is 0 Å². The molecule has 0 saturated heterocycles. The van der Waals surface area contributed by atoms with Gasteiger partial charge in [0.15, 0.2) is 0 Å². The van der Waals surface area contributed by atoms with Gasteiger partial charge in [-0.2, -0.15) is 0 Å². The molecule has 0 spiro atoms. The highest BCUT2D eigenvalue weighted by atomic mass is 14.7. The smallest absolute Gasteiger partial charge is 0.0438 e. The first kappa shape index (κ1) is 12.4. The number of rotatable bonds is 5. The van der Waals surface area contributed by atoms with E-state index in [0.29, 0.717) is 0 Å². The van der Waals surface area contributed by atoms with Crippen molar-refractivity contribution in [3.8, 4) is 0 Å². The maximum absolute atomic E-state index is 4.18. The minimum atomic E-state index is 0.906. The van der Waals surface area contributed by atoms with E-state index in [1.807, 2.05) is 38.2 Å². The van der Waals surface area contributed by atoms with Gasteiger partial charge < -0.3 is 0 Å². The fourth-order valence-corrected chi connectivity index (χ4v) is 0.702. The average molecular weight is 187 g/mol. The molecule has 0 N–H and O–H groups in total. The van der Waals surface area contributed by atoms with Crippen LogP contribution in [0.4, 0.5) is 0 Å². The minimum Gasteiger partial charge on any atom is -0.261 e. The monoisotopic (exact) mass is 187 g/mol. The van der Waals surface area contributed by atoms with Crippen molar-refractivity contribution in [2.45, 2.75) is 13.8 Å². The molecule has 0 aromatic carbocycles. The molecule has 0 aromatic heterocycles. The van der Waals surface area contributed by atoms with Crippen molar-refractivity contribution in [2.24, 2.45) is 4.99 Å². The summed E-state index contributed by atoms with van der Waals surface area (Å²) in [6.45, 7) is 11.4. The van der Waals surface area contributed by atoms with Gasteiger partial charge in [-0.25, -0.2) is 0 Å². The molecule has 0 unspecified atom stereocenters. The summed E-state index contributed by atoms with van der Waals surface area (Å²) < 4.78 is 0. The van der Waals surface area contributed by atoms with Crippen molar-refractivity contribution in [3.05, 3.63) is 61.4 Å². The third kappa shape index (κ3) is 5.95. The van der Waals surface area contributed by atoms with Gasteiger partial charge in [0.05, 0.1) is 0 Å². The molecule has 1 heteroatoms. The van der Waals surface area contributed by atoms with Crippen LogP contribution in [0.25, 0.3) is 0 Å². The fraction of sp³-hybridized carbons (Fsp3) is 0.154. The summed E-state index contributed by atoms with van der Waals surface area (Å²) >= 11 is 0. The number of hydrogen-bond donors (Lipinski definition) is 0.